The molecule has 1 aromatic heterocycles. The lowest BCUT2D eigenvalue weighted by Crippen LogP contribution is -2.15. The summed E-state index contributed by atoms with van der Waals surface area (Å²) < 4.78 is 39.0. The van der Waals surface area contributed by atoms with E-state index in [1.807, 2.05) is 0 Å². The summed E-state index contributed by atoms with van der Waals surface area (Å²) in [7, 11) is -4.08. The first-order valence-electron chi connectivity index (χ1n) is 5.48. The number of hydrogen-bond acceptors (Lipinski definition) is 6. The van der Waals surface area contributed by atoms with Gasteiger partial charge in [-0.15, -0.1) is 0 Å². The van der Waals surface area contributed by atoms with Crippen LogP contribution in [-0.4, -0.2) is 18.3 Å². The number of pyridine rings is 1. The molecule has 0 aliphatic carbocycles. The topological polar surface area (TPSA) is 128 Å². The number of nitrogen functional groups attached to an aromatic ring is 1. The van der Waals surface area contributed by atoms with E-state index in [9.17, 15) is 22.9 Å². The first-order valence-corrected chi connectivity index (χ1v) is 6.96. The Kier molecular flexibility index (Phi) is 3.72. The van der Waals surface area contributed by atoms with Gasteiger partial charge in [0.25, 0.3) is 15.7 Å². The molecular weight excluding hydrogens is 303 g/mol. The van der Waals surface area contributed by atoms with Crippen LogP contribution in [-0.2, 0) is 10.0 Å². The molecule has 1 heterocycles. The number of nitro benzene ring substituents is 1. The van der Waals surface area contributed by atoms with Gasteiger partial charge in [0, 0.05) is 12.1 Å². The van der Waals surface area contributed by atoms with Crippen molar-refractivity contribution < 1.29 is 17.7 Å². The minimum absolute atomic E-state index is 0.103. The molecule has 2 rings (SSSR count). The molecule has 0 saturated heterocycles. The summed E-state index contributed by atoms with van der Waals surface area (Å²) in [6.45, 7) is 0. The third-order valence-corrected chi connectivity index (χ3v) is 3.89. The van der Waals surface area contributed by atoms with E-state index < -0.39 is 20.8 Å². The van der Waals surface area contributed by atoms with Gasteiger partial charge in [0.1, 0.15) is 16.5 Å². The molecule has 2 aromatic rings. The van der Waals surface area contributed by atoms with Crippen LogP contribution in [0.25, 0.3) is 0 Å². The van der Waals surface area contributed by atoms with Crippen LogP contribution >= 0.6 is 0 Å². The van der Waals surface area contributed by atoms with Crippen LogP contribution in [0.15, 0.2) is 41.4 Å². The van der Waals surface area contributed by atoms with E-state index in [4.69, 9.17) is 5.73 Å². The second-order valence-electron chi connectivity index (χ2n) is 3.95. The number of benzene rings is 1. The number of aromatic nitrogens is 1. The van der Waals surface area contributed by atoms with Crippen molar-refractivity contribution in [2.75, 3.05) is 10.5 Å². The molecule has 110 valence electrons. The van der Waals surface area contributed by atoms with Crippen molar-refractivity contribution in [1.29, 1.82) is 0 Å². The van der Waals surface area contributed by atoms with Crippen molar-refractivity contribution in [3.63, 3.8) is 0 Å². The van der Waals surface area contributed by atoms with Crippen LogP contribution < -0.4 is 10.5 Å². The van der Waals surface area contributed by atoms with Gasteiger partial charge >= 0.3 is 0 Å². The van der Waals surface area contributed by atoms with Gasteiger partial charge in [0.2, 0.25) is 0 Å². The van der Waals surface area contributed by atoms with Crippen molar-refractivity contribution in [2.45, 2.75) is 4.90 Å². The highest BCUT2D eigenvalue weighted by Gasteiger charge is 2.20. The smallest absolute Gasteiger partial charge is 0.271 e. The molecule has 0 aliphatic heterocycles. The summed E-state index contributed by atoms with van der Waals surface area (Å²) in [4.78, 5) is 13.1. The molecular formula is C11H9FN4O4S. The molecule has 1 aromatic carbocycles. The van der Waals surface area contributed by atoms with Gasteiger partial charge in [-0.2, -0.15) is 0 Å². The molecule has 8 nitrogen and oxygen atoms in total. The van der Waals surface area contributed by atoms with Crippen LogP contribution in [0.4, 0.5) is 21.6 Å². The fraction of sp³-hybridized carbons (Fsp3) is 0. The SMILES string of the molecule is Nc1cc([N+](=O)[O-])ccc1S(=O)(=O)Nc1ccc(F)cn1. The highest BCUT2D eigenvalue weighted by molar-refractivity contribution is 7.92. The highest BCUT2D eigenvalue weighted by atomic mass is 32.2. The summed E-state index contributed by atoms with van der Waals surface area (Å²) >= 11 is 0. The summed E-state index contributed by atoms with van der Waals surface area (Å²) in [5.41, 5.74) is 4.91. The Morgan fingerprint density at radius 3 is 2.52 bits per heavy atom. The lowest BCUT2D eigenvalue weighted by molar-refractivity contribution is -0.384. The normalized spacial score (nSPS) is 11.1. The second-order valence-corrected chi connectivity index (χ2v) is 5.60. The van der Waals surface area contributed by atoms with E-state index in [1.54, 1.807) is 0 Å². The number of anilines is 2. The molecule has 10 heteroatoms. The molecule has 21 heavy (non-hydrogen) atoms. The number of rotatable bonds is 4. The average molecular weight is 312 g/mol. The van der Waals surface area contributed by atoms with Crippen LogP contribution in [0.3, 0.4) is 0 Å². The minimum Gasteiger partial charge on any atom is -0.397 e. The van der Waals surface area contributed by atoms with Crippen LogP contribution in [0.5, 0.6) is 0 Å². The van der Waals surface area contributed by atoms with E-state index in [-0.39, 0.29) is 22.1 Å². The van der Waals surface area contributed by atoms with Gasteiger partial charge in [-0.05, 0) is 18.2 Å². The van der Waals surface area contributed by atoms with Gasteiger partial charge < -0.3 is 5.73 Å². The van der Waals surface area contributed by atoms with E-state index in [0.717, 1.165) is 36.5 Å². The zero-order valence-corrected chi connectivity index (χ0v) is 11.2. The zero-order chi connectivity index (χ0) is 15.6. The quantitative estimate of drug-likeness (QED) is 0.500. The van der Waals surface area contributed by atoms with Crippen molar-refractivity contribution in [3.05, 3.63) is 52.5 Å². The van der Waals surface area contributed by atoms with Gasteiger partial charge in [-0.3, -0.25) is 14.8 Å². The molecule has 0 spiro atoms. The third kappa shape index (κ3) is 3.23. The fourth-order valence-corrected chi connectivity index (χ4v) is 2.65. The zero-order valence-electron chi connectivity index (χ0n) is 10.4. The summed E-state index contributed by atoms with van der Waals surface area (Å²) in [5.74, 6) is -0.720. The Morgan fingerprint density at radius 1 is 1.29 bits per heavy atom. The lowest BCUT2D eigenvalue weighted by Gasteiger charge is -2.09. The number of non-ortho nitro benzene ring substituents is 1. The van der Waals surface area contributed by atoms with E-state index in [2.05, 4.69) is 9.71 Å². The number of nitrogens with one attached hydrogen (secondary N) is 1. The largest absolute Gasteiger partial charge is 0.397 e. The summed E-state index contributed by atoms with van der Waals surface area (Å²) in [5, 5.41) is 10.6. The molecule has 0 radical (unpaired) electrons. The standard InChI is InChI=1S/C11H9FN4O4S/c12-7-1-4-11(14-6-7)15-21(19,20)10-3-2-8(16(17)18)5-9(10)13/h1-6H,13H2,(H,14,15). The van der Waals surface area contributed by atoms with E-state index in [0.29, 0.717) is 0 Å². The van der Waals surface area contributed by atoms with Crippen molar-refractivity contribution in [2.24, 2.45) is 0 Å². The maximum absolute atomic E-state index is 12.7. The lowest BCUT2D eigenvalue weighted by atomic mass is 10.3. The predicted octanol–water partition coefficient (Wildman–Crippen LogP) is 1.51. The number of nitro groups is 1. The van der Waals surface area contributed by atoms with Crippen LogP contribution in [0.2, 0.25) is 0 Å². The number of nitrogens with two attached hydrogens (primary N) is 1. The van der Waals surface area contributed by atoms with Crippen molar-refractivity contribution in [3.8, 4) is 0 Å². The Morgan fingerprint density at radius 2 is 2.00 bits per heavy atom. The molecule has 0 atom stereocenters. The van der Waals surface area contributed by atoms with Gasteiger partial charge in [-0.1, -0.05) is 0 Å². The maximum atomic E-state index is 12.7. The number of sulfonamides is 1. The first-order chi connectivity index (χ1) is 9.79. The fourth-order valence-electron chi connectivity index (χ4n) is 1.52. The second kappa shape index (κ2) is 5.32. The van der Waals surface area contributed by atoms with Gasteiger partial charge in [-0.25, -0.2) is 17.8 Å². The Balaban J connectivity index is 2.35. The monoisotopic (exact) mass is 312 g/mol. The predicted molar refractivity (Wildman–Crippen MR) is 72.5 cm³/mol. The number of halogens is 1. The summed E-state index contributed by atoms with van der Waals surface area (Å²) in [6, 6.07) is 5.13. The summed E-state index contributed by atoms with van der Waals surface area (Å²) in [6.07, 6.45) is 0.844. The Hall–Kier alpha value is -2.75. The molecule has 0 saturated carbocycles. The Bertz CT molecular complexity index is 792. The van der Waals surface area contributed by atoms with Gasteiger partial charge in [0.05, 0.1) is 16.8 Å². The molecule has 3 N–H and O–H groups in total. The molecule has 0 bridgehead atoms. The number of nitrogens with zero attached hydrogens (tertiary/aromatic N) is 2. The van der Waals surface area contributed by atoms with Crippen molar-refractivity contribution >= 4 is 27.2 Å². The van der Waals surface area contributed by atoms with E-state index >= 15 is 0 Å². The average Bonchev–Trinajstić information content (AvgIpc) is 2.40. The van der Waals surface area contributed by atoms with Crippen LogP contribution in [0.1, 0.15) is 0 Å². The van der Waals surface area contributed by atoms with Gasteiger partial charge in [0.15, 0.2) is 0 Å². The van der Waals surface area contributed by atoms with E-state index in [1.165, 1.54) is 0 Å². The molecule has 0 fully saturated rings. The minimum atomic E-state index is -4.08. The van der Waals surface area contributed by atoms with Crippen LogP contribution in [0, 0.1) is 15.9 Å². The number of hydrogen-bond donors (Lipinski definition) is 2. The molecule has 0 amide bonds. The molecule has 0 aliphatic rings. The van der Waals surface area contributed by atoms with Crippen molar-refractivity contribution in [1.82, 2.24) is 4.98 Å². The highest BCUT2D eigenvalue weighted by Crippen LogP contribution is 2.25. The first kappa shape index (κ1) is 14.7. The molecule has 0 unspecified atom stereocenters. The third-order valence-electron chi connectivity index (χ3n) is 2.46. The maximum Gasteiger partial charge on any atom is 0.271 e. The Labute approximate surface area is 118 Å².